The molecule has 3 aromatic rings. The van der Waals surface area contributed by atoms with Crippen molar-refractivity contribution in [3.05, 3.63) is 58.3 Å². The Bertz CT molecular complexity index is 788. The highest BCUT2D eigenvalue weighted by molar-refractivity contribution is 5.65. The van der Waals surface area contributed by atoms with E-state index in [2.05, 4.69) is 15.0 Å². The van der Waals surface area contributed by atoms with Gasteiger partial charge < -0.3 is 0 Å². The molecule has 2 aromatic heterocycles. The molecule has 5 nitrogen and oxygen atoms in total. The number of aryl methyl sites for hydroxylation is 1. The molecule has 20 heavy (non-hydrogen) atoms. The third-order valence-corrected chi connectivity index (χ3v) is 3.51. The number of nitrogens with zero attached hydrogens (tertiary/aromatic N) is 3. The maximum Gasteiger partial charge on any atom is 0.329 e. The molecule has 0 aliphatic heterocycles. The minimum atomic E-state index is -0.176. The first-order chi connectivity index (χ1) is 9.70. The first-order valence-electron chi connectivity index (χ1n) is 6.71. The van der Waals surface area contributed by atoms with Crippen molar-refractivity contribution in [1.82, 2.24) is 19.5 Å². The number of imidazole rings is 1. The van der Waals surface area contributed by atoms with E-state index in [0.29, 0.717) is 11.3 Å². The van der Waals surface area contributed by atoms with Crippen LogP contribution in [0, 0.1) is 0 Å². The number of aromatic nitrogens is 4. The number of nitrogens with one attached hydrogen (secondary N) is 1. The summed E-state index contributed by atoms with van der Waals surface area (Å²) in [6.07, 6.45) is 2.50. The van der Waals surface area contributed by atoms with Gasteiger partial charge in [-0.05, 0) is 18.9 Å². The molecular weight excluding hydrogens is 252 g/mol. The Morgan fingerprint density at radius 2 is 2.05 bits per heavy atom. The van der Waals surface area contributed by atoms with Crippen molar-refractivity contribution in [2.45, 2.75) is 26.3 Å². The van der Waals surface area contributed by atoms with Gasteiger partial charge in [-0.25, -0.2) is 14.8 Å². The van der Waals surface area contributed by atoms with Crippen molar-refractivity contribution in [2.24, 2.45) is 0 Å². The Labute approximate surface area is 116 Å². The lowest BCUT2D eigenvalue weighted by Crippen LogP contribution is -2.21. The van der Waals surface area contributed by atoms with Crippen LogP contribution < -0.4 is 5.69 Å². The van der Waals surface area contributed by atoms with Gasteiger partial charge in [0.2, 0.25) is 0 Å². The first-order valence-corrected chi connectivity index (χ1v) is 6.71. The summed E-state index contributed by atoms with van der Waals surface area (Å²) in [6.45, 7) is 4.01. The molecule has 1 aromatic carbocycles. The lowest BCUT2D eigenvalue weighted by molar-refractivity contribution is 0.629. The van der Waals surface area contributed by atoms with Crippen LogP contribution in [0.2, 0.25) is 0 Å². The maximum atomic E-state index is 12.2. The van der Waals surface area contributed by atoms with Gasteiger partial charge in [0.15, 0.2) is 11.3 Å². The fourth-order valence-corrected chi connectivity index (χ4v) is 2.34. The topological polar surface area (TPSA) is 63.6 Å². The highest BCUT2D eigenvalue weighted by Gasteiger charge is 2.16. The van der Waals surface area contributed by atoms with Gasteiger partial charge in [-0.15, -0.1) is 0 Å². The summed E-state index contributed by atoms with van der Waals surface area (Å²) in [4.78, 5) is 23.7. The molecule has 1 N–H and O–H groups in total. The molecule has 0 saturated carbocycles. The van der Waals surface area contributed by atoms with Crippen LogP contribution in [0.25, 0.3) is 11.3 Å². The summed E-state index contributed by atoms with van der Waals surface area (Å²) in [7, 11) is 0. The van der Waals surface area contributed by atoms with Gasteiger partial charge in [-0.3, -0.25) is 9.55 Å². The number of H-pyrrole nitrogens is 1. The fraction of sp³-hybridized carbons (Fsp3) is 0.267. The number of benzene rings is 1. The first kappa shape index (κ1) is 12.6. The normalized spacial score (nSPS) is 12.7. The minimum absolute atomic E-state index is 0.0844. The SMILES string of the molecule is CCc1cnc2[nH]c(=O)n(C(C)c3ccccc3)c2n1. The Kier molecular flexibility index (Phi) is 3.10. The van der Waals surface area contributed by atoms with Crippen molar-refractivity contribution < 1.29 is 0 Å². The van der Waals surface area contributed by atoms with Crippen LogP contribution >= 0.6 is 0 Å². The van der Waals surface area contributed by atoms with Crippen LogP contribution in [0.15, 0.2) is 41.3 Å². The highest BCUT2D eigenvalue weighted by Crippen LogP contribution is 2.19. The number of hydrogen-bond acceptors (Lipinski definition) is 3. The van der Waals surface area contributed by atoms with Crippen LogP contribution in [0.3, 0.4) is 0 Å². The van der Waals surface area contributed by atoms with Gasteiger partial charge in [-0.1, -0.05) is 37.3 Å². The average molecular weight is 268 g/mol. The maximum absolute atomic E-state index is 12.2. The molecule has 2 heterocycles. The van der Waals surface area contributed by atoms with Crippen LogP contribution in [0.5, 0.6) is 0 Å². The van der Waals surface area contributed by atoms with E-state index >= 15 is 0 Å². The van der Waals surface area contributed by atoms with Gasteiger partial charge in [0.25, 0.3) is 0 Å². The highest BCUT2D eigenvalue weighted by atomic mass is 16.1. The van der Waals surface area contributed by atoms with Crippen molar-refractivity contribution in [3.8, 4) is 0 Å². The third kappa shape index (κ3) is 2.01. The smallest absolute Gasteiger partial charge is 0.289 e. The predicted octanol–water partition coefficient (Wildman–Crippen LogP) is 2.29. The molecule has 3 rings (SSSR count). The second kappa shape index (κ2) is 4.92. The van der Waals surface area contributed by atoms with E-state index in [1.807, 2.05) is 44.2 Å². The van der Waals surface area contributed by atoms with Crippen molar-refractivity contribution in [3.63, 3.8) is 0 Å². The molecule has 1 atom stereocenters. The van der Waals surface area contributed by atoms with Gasteiger partial charge in [0, 0.05) is 0 Å². The second-order valence-electron chi connectivity index (χ2n) is 4.77. The molecule has 0 aliphatic carbocycles. The Morgan fingerprint density at radius 3 is 2.75 bits per heavy atom. The molecule has 0 aliphatic rings. The Morgan fingerprint density at radius 1 is 1.30 bits per heavy atom. The molecule has 0 fully saturated rings. The fourth-order valence-electron chi connectivity index (χ4n) is 2.34. The lowest BCUT2D eigenvalue weighted by atomic mass is 10.1. The summed E-state index contributed by atoms with van der Waals surface area (Å²) in [5.41, 5.74) is 2.93. The average Bonchev–Trinajstić information content (AvgIpc) is 2.82. The van der Waals surface area contributed by atoms with E-state index in [-0.39, 0.29) is 11.7 Å². The molecule has 0 saturated heterocycles. The van der Waals surface area contributed by atoms with Gasteiger partial charge in [-0.2, -0.15) is 0 Å². The molecule has 0 spiro atoms. The van der Waals surface area contributed by atoms with Gasteiger partial charge in [0.1, 0.15) is 0 Å². The molecule has 0 bridgehead atoms. The van der Waals surface area contributed by atoms with Crippen LogP contribution in [0.1, 0.15) is 31.1 Å². The van der Waals surface area contributed by atoms with Gasteiger partial charge in [0.05, 0.1) is 17.9 Å². The van der Waals surface area contributed by atoms with Crippen LogP contribution in [-0.4, -0.2) is 19.5 Å². The van der Waals surface area contributed by atoms with E-state index in [1.165, 1.54) is 0 Å². The van der Waals surface area contributed by atoms with E-state index < -0.39 is 0 Å². The molecular formula is C15H16N4O. The van der Waals surface area contributed by atoms with Crippen molar-refractivity contribution >= 4 is 11.3 Å². The zero-order valence-corrected chi connectivity index (χ0v) is 11.5. The van der Waals surface area contributed by atoms with Crippen molar-refractivity contribution in [2.75, 3.05) is 0 Å². The van der Waals surface area contributed by atoms with Crippen LogP contribution in [-0.2, 0) is 6.42 Å². The molecule has 1 unspecified atom stereocenters. The summed E-state index contributed by atoms with van der Waals surface area (Å²) >= 11 is 0. The van der Waals surface area contributed by atoms with E-state index in [9.17, 15) is 4.79 Å². The zero-order valence-electron chi connectivity index (χ0n) is 11.5. The van der Waals surface area contributed by atoms with Gasteiger partial charge >= 0.3 is 5.69 Å². The Balaban J connectivity index is 2.20. The Hall–Kier alpha value is -2.43. The summed E-state index contributed by atoms with van der Waals surface area (Å²) in [6, 6.07) is 9.83. The molecule has 5 heteroatoms. The van der Waals surface area contributed by atoms with E-state index in [4.69, 9.17) is 0 Å². The summed E-state index contributed by atoms with van der Waals surface area (Å²) in [5, 5.41) is 0. The van der Waals surface area contributed by atoms with E-state index in [1.54, 1.807) is 10.8 Å². The summed E-state index contributed by atoms with van der Waals surface area (Å²) in [5.74, 6) is 0. The third-order valence-electron chi connectivity index (χ3n) is 3.51. The quantitative estimate of drug-likeness (QED) is 0.792. The largest absolute Gasteiger partial charge is 0.329 e. The number of hydrogen-bond donors (Lipinski definition) is 1. The second-order valence-corrected chi connectivity index (χ2v) is 4.77. The zero-order chi connectivity index (χ0) is 14.1. The molecule has 0 amide bonds. The molecule has 102 valence electrons. The standard InChI is InChI=1S/C15H16N4O/c1-3-12-9-16-13-14(17-12)19(15(20)18-13)10(2)11-7-5-4-6-8-11/h4-10H,3H2,1-2H3,(H,16,18,20). The van der Waals surface area contributed by atoms with Crippen LogP contribution in [0.4, 0.5) is 0 Å². The van der Waals surface area contributed by atoms with Crippen molar-refractivity contribution in [1.29, 1.82) is 0 Å². The lowest BCUT2D eigenvalue weighted by Gasteiger charge is -2.13. The minimum Gasteiger partial charge on any atom is -0.289 e. The predicted molar refractivity (Wildman–Crippen MR) is 77.8 cm³/mol. The summed E-state index contributed by atoms with van der Waals surface area (Å²) < 4.78 is 1.66. The number of aromatic amines is 1. The van der Waals surface area contributed by atoms with E-state index in [0.717, 1.165) is 17.7 Å². The number of rotatable bonds is 3. The monoisotopic (exact) mass is 268 g/mol. The number of fused-ring (bicyclic) bond motifs is 1. The molecule has 0 radical (unpaired) electrons.